The van der Waals surface area contributed by atoms with E-state index >= 15 is 0 Å². The maximum atomic E-state index is 10.3. The fourth-order valence-corrected chi connectivity index (χ4v) is 3.67. The molecule has 0 radical (unpaired) electrons. The lowest BCUT2D eigenvalue weighted by Gasteiger charge is -2.20. The second-order valence-corrected chi connectivity index (χ2v) is 7.20. The largest absolute Gasteiger partial charge is 0.489 e. The van der Waals surface area contributed by atoms with Crippen LogP contribution in [0.25, 0.3) is 0 Å². The highest BCUT2D eigenvalue weighted by Crippen LogP contribution is 2.26. The molecule has 1 heterocycles. The zero-order valence-corrected chi connectivity index (χ0v) is 15.4. The molecule has 0 bridgehead atoms. The van der Waals surface area contributed by atoms with Crippen LogP contribution in [0.3, 0.4) is 0 Å². The Morgan fingerprint density at radius 1 is 1.23 bits per heavy atom. The Balaban J connectivity index is 1.45. The van der Waals surface area contributed by atoms with E-state index in [1.165, 1.54) is 5.56 Å². The zero-order chi connectivity index (χ0) is 18.4. The topological polar surface area (TPSA) is 56.5 Å². The predicted molar refractivity (Wildman–Crippen MR) is 102 cm³/mol. The SMILES string of the molecule is N#Cc1c(Cl)cccc1OC[C@H](O)CN1CC[C@@H](Cc2ccccc2)C1. The van der Waals surface area contributed by atoms with E-state index in [1.54, 1.807) is 18.2 Å². The van der Waals surface area contributed by atoms with Gasteiger partial charge in [-0.2, -0.15) is 5.26 Å². The van der Waals surface area contributed by atoms with Gasteiger partial charge in [-0.25, -0.2) is 0 Å². The van der Waals surface area contributed by atoms with E-state index in [1.807, 2.05) is 12.1 Å². The fourth-order valence-electron chi connectivity index (χ4n) is 3.46. The average Bonchev–Trinajstić information content (AvgIpc) is 3.07. The summed E-state index contributed by atoms with van der Waals surface area (Å²) < 4.78 is 5.62. The third-order valence-electron chi connectivity index (χ3n) is 4.72. The molecule has 136 valence electrons. The molecule has 1 aliphatic rings. The lowest BCUT2D eigenvalue weighted by atomic mass is 9.99. The molecular weight excluding hydrogens is 348 g/mol. The molecule has 2 aromatic rings. The first kappa shape index (κ1) is 18.7. The van der Waals surface area contributed by atoms with Crippen molar-refractivity contribution in [2.24, 2.45) is 5.92 Å². The zero-order valence-electron chi connectivity index (χ0n) is 14.6. The highest BCUT2D eigenvalue weighted by atomic mass is 35.5. The van der Waals surface area contributed by atoms with Gasteiger partial charge in [0.2, 0.25) is 0 Å². The summed E-state index contributed by atoms with van der Waals surface area (Å²) in [6.45, 7) is 2.71. The summed E-state index contributed by atoms with van der Waals surface area (Å²) in [5.74, 6) is 1.05. The van der Waals surface area contributed by atoms with Gasteiger partial charge in [0, 0.05) is 13.1 Å². The van der Waals surface area contributed by atoms with E-state index < -0.39 is 6.10 Å². The van der Waals surface area contributed by atoms with Crippen LogP contribution >= 0.6 is 11.6 Å². The van der Waals surface area contributed by atoms with Gasteiger partial charge in [-0.1, -0.05) is 48.0 Å². The standard InChI is InChI=1S/C21H23ClN2O2/c22-20-7-4-8-21(19(20)12-23)26-15-18(25)14-24-10-9-17(13-24)11-16-5-2-1-3-6-16/h1-8,17-18,25H,9-11,13-15H2/t17-,18+/m0/s1. The summed E-state index contributed by atoms with van der Waals surface area (Å²) in [6.07, 6.45) is 1.63. The number of aliphatic hydroxyl groups excluding tert-OH is 1. The number of hydrogen-bond acceptors (Lipinski definition) is 4. The molecule has 0 aliphatic carbocycles. The van der Waals surface area contributed by atoms with Gasteiger partial charge in [-0.3, -0.25) is 0 Å². The van der Waals surface area contributed by atoms with Crippen molar-refractivity contribution in [3.8, 4) is 11.8 Å². The number of ether oxygens (including phenoxy) is 1. The van der Waals surface area contributed by atoms with Gasteiger partial charge in [-0.15, -0.1) is 0 Å². The summed E-state index contributed by atoms with van der Waals surface area (Å²) in [5.41, 5.74) is 1.68. The van der Waals surface area contributed by atoms with Crippen molar-refractivity contribution in [1.82, 2.24) is 4.90 Å². The maximum Gasteiger partial charge on any atom is 0.138 e. The number of β-amino-alcohol motifs (C(OH)–C–C–N with tert-alkyl or cyclic N) is 1. The average molecular weight is 371 g/mol. The molecule has 1 saturated heterocycles. The summed E-state index contributed by atoms with van der Waals surface area (Å²) in [7, 11) is 0. The third kappa shape index (κ3) is 4.98. The Kier molecular flexibility index (Phi) is 6.51. The predicted octanol–water partition coefficient (Wildman–Crippen LogP) is 3.52. The first-order chi connectivity index (χ1) is 12.7. The van der Waals surface area contributed by atoms with Gasteiger partial charge in [-0.05, 0) is 43.0 Å². The molecule has 0 amide bonds. The van der Waals surface area contributed by atoms with E-state index in [-0.39, 0.29) is 6.61 Å². The molecule has 0 aromatic heterocycles. The van der Waals surface area contributed by atoms with Crippen molar-refractivity contribution in [2.75, 3.05) is 26.2 Å². The number of aliphatic hydroxyl groups is 1. The second-order valence-electron chi connectivity index (χ2n) is 6.79. The van der Waals surface area contributed by atoms with Crippen LogP contribution in [-0.2, 0) is 6.42 Å². The highest BCUT2D eigenvalue weighted by molar-refractivity contribution is 6.31. The van der Waals surface area contributed by atoms with Crippen LogP contribution in [0.2, 0.25) is 5.02 Å². The van der Waals surface area contributed by atoms with Gasteiger partial charge < -0.3 is 14.7 Å². The molecule has 26 heavy (non-hydrogen) atoms. The van der Waals surface area contributed by atoms with E-state index in [0.717, 1.165) is 25.9 Å². The third-order valence-corrected chi connectivity index (χ3v) is 5.04. The summed E-state index contributed by atoms with van der Waals surface area (Å²) in [5, 5.41) is 19.8. The second kappa shape index (κ2) is 9.05. The molecule has 2 atom stereocenters. The normalized spacial score (nSPS) is 18.4. The Morgan fingerprint density at radius 2 is 2.04 bits per heavy atom. The number of halogens is 1. The van der Waals surface area contributed by atoms with Crippen molar-refractivity contribution < 1.29 is 9.84 Å². The Labute approximate surface area is 159 Å². The number of nitrogens with zero attached hydrogens (tertiary/aromatic N) is 2. The fraction of sp³-hybridized carbons (Fsp3) is 0.381. The van der Waals surface area contributed by atoms with Crippen LogP contribution in [0.15, 0.2) is 48.5 Å². The van der Waals surface area contributed by atoms with E-state index in [9.17, 15) is 5.11 Å². The van der Waals surface area contributed by atoms with Crippen LogP contribution in [-0.4, -0.2) is 42.4 Å². The smallest absolute Gasteiger partial charge is 0.138 e. The molecular formula is C21H23ClN2O2. The van der Waals surface area contributed by atoms with Crippen molar-refractivity contribution in [2.45, 2.75) is 18.9 Å². The lowest BCUT2D eigenvalue weighted by Crippen LogP contribution is -2.34. The Hall–Kier alpha value is -2.06. The monoisotopic (exact) mass is 370 g/mol. The van der Waals surface area contributed by atoms with Crippen molar-refractivity contribution >= 4 is 11.6 Å². The molecule has 4 nitrogen and oxygen atoms in total. The number of nitriles is 1. The number of benzene rings is 2. The summed E-state index contributed by atoms with van der Waals surface area (Å²) in [6, 6.07) is 17.7. The minimum atomic E-state index is -0.601. The number of likely N-dealkylation sites (tertiary alicyclic amines) is 1. The molecule has 0 spiro atoms. The van der Waals surface area contributed by atoms with E-state index in [2.05, 4.69) is 29.2 Å². The van der Waals surface area contributed by atoms with Crippen molar-refractivity contribution in [3.05, 3.63) is 64.7 Å². The van der Waals surface area contributed by atoms with Crippen molar-refractivity contribution in [1.29, 1.82) is 5.26 Å². The van der Waals surface area contributed by atoms with Gasteiger partial charge in [0.05, 0.1) is 5.02 Å². The quantitative estimate of drug-likeness (QED) is 0.810. The maximum absolute atomic E-state index is 10.3. The molecule has 1 N–H and O–H groups in total. The van der Waals surface area contributed by atoms with Crippen LogP contribution in [0.5, 0.6) is 5.75 Å². The minimum absolute atomic E-state index is 0.148. The first-order valence-corrected chi connectivity index (χ1v) is 9.29. The molecule has 0 saturated carbocycles. The Bertz CT molecular complexity index is 760. The molecule has 2 aromatic carbocycles. The van der Waals surface area contributed by atoms with Gasteiger partial charge in [0.25, 0.3) is 0 Å². The first-order valence-electron chi connectivity index (χ1n) is 8.91. The number of hydrogen-bond donors (Lipinski definition) is 1. The van der Waals surface area contributed by atoms with Crippen LogP contribution in [0.4, 0.5) is 0 Å². The van der Waals surface area contributed by atoms with Gasteiger partial charge >= 0.3 is 0 Å². The Morgan fingerprint density at radius 3 is 2.81 bits per heavy atom. The van der Waals surface area contributed by atoms with Crippen molar-refractivity contribution in [3.63, 3.8) is 0 Å². The molecule has 1 fully saturated rings. The summed E-state index contributed by atoms with van der Waals surface area (Å²) in [4.78, 5) is 2.28. The van der Waals surface area contributed by atoms with Gasteiger partial charge in [0.1, 0.15) is 30.1 Å². The lowest BCUT2D eigenvalue weighted by molar-refractivity contribution is 0.0746. The molecule has 5 heteroatoms. The van der Waals surface area contributed by atoms with Crippen LogP contribution in [0.1, 0.15) is 17.5 Å². The van der Waals surface area contributed by atoms with Gasteiger partial charge in [0.15, 0.2) is 0 Å². The van der Waals surface area contributed by atoms with E-state index in [4.69, 9.17) is 21.6 Å². The van der Waals surface area contributed by atoms with E-state index in [0.29, 0.717) is 28.8 Å². The number of rotatable bonds is 7. The molecule has 0 unspecified atom stereocenters. The van der Waals surface area contributed by atoms with Crippen LogP contribution < -0.4 is 4.74 Å². The summed E-state index contributed by atoms with van der Waals surface area (Å²) >= 11 is 5.99. The minimum Gasteiger partial charge on any atom is -0.489 e. The molecule has 3 rings (SSSR count). The van der Waals surface area contributed by atoms with Crippen LogP contribution in [0, 0.1) is 17.2 Å². The highest BCUT2D eigenvalue weighted by Gasteiger charge is 2.24. The molecule has 1 aliphatic heterocycles.